The summed E-state index contributed by atoms with van der Waals surface area (Å²) in [7, 11) is 1.50. The van der Waals surface area contributed by atoms with Crippen LogP contribution in [0.2, 0.25) is 0 Å². The van der Waals surface area contributed by atoms with Crippen molar-refractivity contribution >= 4 is 34.6 Å². The molecule has 2 heterocycles. The van der Waals surface area contributed by atoms with Crippen LogP contribution in [0.1, 0.15) is 10.5 Å². The van der Waals surface area contributed by atoms with Crippen LogP contribution < -0.4 is 0 Å². The predicted octanol–water partition coefficient (Wildman–Crippen LogP) is 2.04. The molecular weight excluding hydrogens is 312 g/mol. The quantitative estimate of drug-likeness (QED) is 0.842. The van der Waals surface area contributed by atoms with E-state index in [1.807, 2.05) is 16.8 Å². The molecule has 2 aromatic heterocycles. The van der Waals surface area contributed by atoms with Crippen LogP contribution in [0.15, 0.2) is 22.2 Å². The van der Waals surface area contributed by atoms with Gasteiger partial charge in [0.1, 0.15) is 17.2 Å². The summed E-state index contributed by atoms with van der Waals surface area (Å²) < 4.78 is 4.90. The number of thiazole rings is 1. The average molecular weight is 326 g/mol. The number of carboxylic acid groups (broad SMARTS) is 1. The number of carbonyl (C=O) groups is 2. The molecule has 8 heteroatoms. The Hall–Kier alpha value is -1.77. The minimum Gasteiger partial charge on any atom is -0.480 e. The largest absolute Gasteiger partial charge is 0.480 e. The number of methoxy groups -OCH3 is 1. The van der Waals surface area contributed by atoms with Gasteiger partial charge in [0.2, 0.25) is 0 Å². The molecule has 0 saturated heterocycles. The maximum Gasteiger partial charge on any atom is 0.323 e. The van der Waals surface area contributed by atoms with Crippen LogP contribution in [-0.2, 0) is 9.53 Å². The SMILES string of the molecule is COCCN(CC(=O)O)C(=O)c1csc(-c2ccsc2)n1. The van der Waals surface area contributed by atoms with E-state index in [1.165, 1.54) is 23.3 Å². The van der Waals surface area contributed by atoms with Crippen molar-refractivity contribution in [2.45, 2.75) is 0 Å². The molecule has 0 aliphatic rings. The number of thiophene rings is 1. The molecule has 0 radical (unpaired) electrons. The Bertz CT molecular complexity index is 609. The Morgan fingerprint density at radius 3 is 2.86 bits per heavy atom. The van der Waals surface area contributed by atoms with Crippen molar-refractivity contribution in [1.82, 2.24) is 9.88 Å². The molecule has 0 aliphatic carbocycles. The summed E-state index contributed by atoms with van der Waals surface area (Å²) >= 11 is 2.92. The second kappa shape index (κ2) is 7.30. The zero-order chi connectivity index (χ0) is 15.2. The Morgan fingerprint density at radius 1 is 1.43 bits per heavy atom. The Kier molecular flexibility index (Phi) is 5.43. The van der Waals surface area contributed by atoms with Crippen LogP contribution in [0.5, 0.6) is 0 Å². The third-order valence-electron chi connectivity index (χ3n) is 2.67. The summed E-state index contributed by atoms with van der Waals surface area (Å²) in [5.41, 5.74) is 1.23. The molecule has 0 bridgehead atoms. The van der Waals surface area contributed by atoms with Gasteiger partial charge in [-0.1, -0.05) is 0 Å². The van der Waals surface area contributed by atoms with Gasteiger partial charge in [-0.15, -0.1) is 11.3 Å². The first-order valence-corrected chi connectivity index (χ1v) is 7.92. The molecule has 0 spiro atoms. The summed E-state index contributed by atoms with van der Waals surface area (Å²) in [5.74, 6) is -1.46. The van der Waals surface area contributed by atoms with E-state index in [9.17, 15) is 9.59 Å². The molecule has 1 N–H and O–H groups in total. The lowest BCUT2D eigenvalue weighted by Gasteiger charge is -2.18. The summed E-state index contributed by atoms with van der Waals surface area (Å²) in [5, 5.41) is 15.2. The fraction of sp³-hybridized carbons (Fsp3) is 0.308. The minimum absolute atomic E-state index is 0.215. The second-order valence-corrected chi connectivity index (χ2v) is 5.80. The smallest absolute Gasteiger partial charge is 0.323 e. The van der Waals surface area contributed by atoms with Crippen molar-refractivity contribution in [1.29, 1.82) is 0 Å². The van der Waals surface area contributed by atoms with Crippen molar-refractivity contribution in [3.8, 4) is 10.6 Å². The van der Waals surface area contributed by atoms with Crippen molar-refractivity contribution in [2.24, 2.45) is 0 Å². The van der Waals surface area contributed by atoms with E-state index >= 15 is 0 Å². The van der Waals surface area contributed by atoms with E-state index in [-0.39, 0.29) is 25.4 Å². The highest BCUT2D eigenvalue weighted by atomic mass is 32.1. The molecule has 0 aromatic carbocycles. The van der Waals surface area contributed by atoms with Gasteiger partial charge >= 0.3 is 5.97 Å². The van der Waals surface area contributed by atoms with Gasteiger partial charge in [-0.25, -0.2) is 4.98 Å². The number of amides is 1. The number of ether oxygens (including phenoxy) is 1. The third-order valence-corrected chi connectivity index (χ3v) is 4.24. The van der Waals surface area contributed by atoms with E-state index in [4.69, 9.17) is 9.84 Å². The molecule has 6 nitrogen and oxygen atoms in total. The normalized spacial score (nSPS) is 10.5. The first kappa shape index (κ1) is 15.6. The molecule has 0 atom stereocenters. The predicted molar refractivity (Wildman–Crippen MR) is 80.8 cm³/mol. The van der Waals surface area contributed by atoms with Crippen LogP contribution in [-0.4, -0.2) is 53.7 Å². The Morgan fingerprint density at radius 2 is 2.24 bits per heavy atom. The highest BCUT2D eigenvalue weighted by molar-refractivity contribution is 7.14. The van der Waals surface area contributed by atoms with Gasteiger partial charge in [0, 0.05) is 30.0 Å². The monoisotopic (exact) mass is 326 g/mol. The van der Waals surface area contributed by atoms with Gasteiger partial charge in [-0.3, -0.25) is 9.59 Å². The molecule has 0 unspecified atom stereocenters. The lowest BCUT2D eigenvalue weighted by Crippen LogP contribution is -2.38. The lowest BCUT2D eigenvalue weighted by molar-refractivity contribution is -0.137. The summed E-state index contributed by atoms with van der Waals surface area (Å²) in [6, 6.07) is 1.93. The van der Waals surface area contributed by atoms with E-state index in [0.717, 1.165) is 10.6 Å². The van der Waals surface area contributed by atoms with Crippen LogP contribution >= 0.6 is 22.7 Å². The minimum atomic E-state index is -1.06. The number of carbonyl (C=O) groups excluding carboxylic acids is 1. The number of rotatable bonds is 7. The van der Waals surface area contributed by atoms with Crippen molar-refractivity contribution in [2.75, 3.05) is 26.8 Å². The van der Waals surface area contributed by atoms with Crippen LogP contribution in [0, 0.1) is 0 Å². The number of hydrogen-bond acceptors (Lipinski definition) is 6. The first-order valence-electron chi connectivity index (χ1n) is 6.10. The third kappa shape index (κ3) is 4.10. The molecular formula is C13H14N2O4S2. The number of carboxylic acids is 1. The van der Waals surface area contributed by atoms with E-state index < -0.39 is 11.9 Å². The Labute approximate surface area is 129 Å². The fourth-order valence-corrected chi connectivity index (χ4v) is 3.18. The number of aliphatic carboxylic acids is 1. The van der Waals surface area contributed by atoms with E-state index in [2.05, 4.69) is 4.98 Å². The van der Waals surface area contributed by atoms with Crippen LogP contribution in [0.4, 0.5) is 0 Å². The molecule has 112 valence electrons. The maximum atomic E-state index is 12.3. The molecule has 21 heavy (non-hydrogen) atoms. The van der Waals surface area contributed by atoms with Gasteiger partial charge in [-0.2, -0.15) is 11.3 Å². The van der Waals surface area contributed by atoms with Crippen molar-refractivity contribution in [3.63, 3.8) is 0 Å². The van der Waals surface area contributed by atoms with Crippen molar-refractivity contribution in [3.05, 3.63) is 27.9 Å². The molecule has 0 aliphatic heterocycles. The standard InChI is InChI=1S/C13H14N2O4S2/c1-19-4-3-15(6-11(16)17)13(18)10-8-21-12(14-10)9-2-5-20-7-9/h2,5,7-8H,3-4,6H2,1H3,(H,16,17). The summed E-state index contributed by atoms with van der Waals surface area (Å²) in [4.78, 5) is 28.7. The number of hydrogen-bond donors (Lipinski definition) is 1. The maximum absolute atomic E-state index is 12.3. The molecule has 0 saturated carbocycles. The fourth-order valence-electron chi connectivity index (χ4n) is 1.67. The topological polar surface area (TPSA) is 79.7 Å². The number of aromatic nitrogens is 1. The Balaban J connectivity index is 2.14. The first-order chi connectivity index (χ1) is 10.1. The highest BCUT2D eigenvalue weighted by Gasteiger charge is 2.21. The zero-order valence-corrected chi connectivity index (χ0v) is 12.9. The van der Waals surface area contributed by atoms with E-state index in [1.54, 1.807) is 16.7 Å². The summed E-state index contributed by atoms with van der Waals surface area (Å²) in [6.07, 6.45) is 0. The zero-order valence-electron chi connectivity index (χ0n) is 11.3. The number of nitrogens with zero attached hydrogens (tertiary/aromatic N) is 2. The van der Waals surface area contributed by atoms with Crippen LogP contribution in [0.25, 0.3) is 10.6 Å². The van der Waals surface area contributed by atoms with Gasteiger partial charge < -0.3 is 14.7 Å². The lowest BCUT2D eigenvalue weighted by atomic mass is 10.3. The van der Waals surface area contributed by atoms with Gasteiger partial charge in [0.15, 0.2) is 0 Å². The van der Waals surface area contributed by atoms with Crippen molar-refractivity contribution < 1.29 is 19.4 Å². The van der Waals surface area contributed by atoms with Gasteiger partial charge in [0.25, 0.3) is 5.91 Å². The van der Waals surface area contributed by atoms with Crippen LogP contribution in [0.3, 0.4) is 0 Å². The molecule has 2 aromatic rings. The van der Waals surface area contributed by atoms with Gasteiger partial charge in [0.05, 0.1) is 6.61 Å². The highest BCUT2D eigenvalue weighted by Crippen LogP contribution is 2.26. The second-order valence-electron chi connectivity index (χ2n) is 4.16. The molecule has 1 amide bonds. The molecule has 2 rings (SSSR count). The van der Waals surface area contributed by atoms with Gasteiger partial charge in [-0.05, 0) is 11.4 Å². The molecule has 0 fully saturated rings. The average Bonchev–Trinajstić information content (AvgIpc) is 3.11. The summed E-state index contributed by atoms with van der Waals surface area (Å²) in [6.45, 7) is 0.126. The van der Waals surface area contributed by atoms with E-state index in [0.29, 0.717) is 0 Å².